The molecule has 116 valence electrons. The quantitative estimate of drug-likeness (QED) is 0.873. The zero-order valence-electron chi connectivity index (χ0n) is 13.0. The third-order valence-corrected chi connectivity index (χ3v) is 3.84. The maximum atomic E-state index is 12.5. The molecule has 1 saturated heterocycles. The summed E-state index contributed by atoms with van der Waals surface area (Å²) in [5, 5.41) is 4.18. The van der Waals surface area contributed by atoms with Crippen molar-refractivity contribution in [3.8, 4) is 0 Å². The third-order valence-electron chi connectivity index (χ3n) is 3.84. The first-order chi connectivity index (χ1) is 10.6. The van der Waals surface area contributed by atoms with E-state index in [-0.39, 0.29) is 24.7 Å². The molecule has 1 aliphatic heterocycles. The first-order valence-electron chi connectivity index (χ1n) is 7.59. The average Bonchev–Trinajstić information content (AvgIpc) is 2.92. The summed E-state index contributed by atoms with van der Waals surface area (Å²) in [5.74, 6) is 0.0826. The van der Waals surface area contributed by atoms with Crippen molar-refractivity contribution in [1.82, 2.24) is 14.7 Å². The molecule has 5 heteroatoms. The Hall–Kier alpha value is -2.14. The predicted octanol–water partition coefficient (Wildman–Crippen LogP) is 2.18. The second-order valence-electron chi connectivity index (χ2n) is 5.86. The fourth-order valence-electron chi connectivity index (χ4n) is 2.80. The monoisotopic (exact) mass is 299 g/mol. The van der Waals surface area contributed by atoms with Crippen molar-refractivity contribution in [2.75, 3.05) is 13.1 Å². The fraction of sp³-hybridized carbons (Fsp3) is 0.412. The van der Waals surface area contributed by atoms with Gasteiger partial charge >= 0.3 is 0 Å². The Morgan fingerprint density at radius 3 is 2.77 bits per heavy atom. The highest BCUT2D eigenvalue weighted by atomic mass is 16.5. The van der Waals surface area contributed by atoms with Crippen molar-refractivity contribution >= 4 is 5.91 Å². The zero-order chi connectivity index (χ0) is 15.5. The van der Waals surface area contributed by atoms with E-state index in [1.807, 2.05) is 55.3 Å². The molecular weight excluding hydrogens is 278 g/mol. The summed E-state index contributed by atoms with van der Waals surface area (Å²) in [6.45, 7) is 5.47. The van der Waals surface area contributed by atoms with Crippen molar-refractivity contribution in [3.05, 3.63) is 53.9 Å². The van der Waals surface area contributed by atoms with Gasteiger partial charge in [0, 0.05) is 12.7 Å². The van der Waals surface area contributed by atoms with Crippen molar-refractivity contribution in [2.24, 2.45) is 0 Å². The standard InChI is InChI=1S/C17H21N3O2/c1-13-8-18-20(9-13)12-17(21)19-10-14(2)22-16(11-19)15-6-4-3-5-7-15/h3-9,14,16H,10-12H2,1-2H3/t14-,16-/m0/s1. The summed E-state index contributed by atoms with van der Waals surface area (Å²) in [6.07, 6.45) is 3.62. The van der Waals surface area contributed by atoms with Crippen LogP contribution >= 0.6 is 0 Å². The molecule has 0 bridgehead atoms. The Morgan fingerprint density at radius 1 is 1.32 bits per heavy atom. The molecule has 0 N–H and O–H groups in total. The largest absolute Gasteiger partial charge is 0.367 e. The molecular formula is C17H21N3O2. The third kappa shape index (κ3) is 3.36. The minimum Gasteiger partial charge on any atom is -0.367 e. The SMILES string of the molecule is Cc1cnn(CC(=O)N2C[C@@H](c3ccccc3)O[C@@H](C)C2)c1. The first kappa shape index (κ1) is 14.8. The summed E-state index contributed by atoms with van der Waals surface area (Å²) >= 11 is 0. The van der Waals surface area contributed by atoms with Gasteiger partial charge in [-0.1, -0.05) is 30.3 Å². The Bertz CT molecular complexity index is 638. The second kappa shape index (κ2) is 6.32. The van der Waals surface area contributed by atoms with Crippen LogP contribution in [0.5, 0.6) is 0 Å². The Kier molecular flexibility index (Phi) is 4.24. The second-order valence-corrected chi connectivity index (χ2v) is 5.86. The van der Waals surface area contributed by atoms with E-state index in [4.69, 9.17) is 4.74 Å². The van der Waals surface area contributed by atoms with Crippen LogP contribution in [-0.2, 0) is 16.1 Å². The van der Waals surface area contributed by atoms with Gasteiger partial charge in [-0.2, -0.15) is 5.10 Å². The van der Waals surface area contributed by atoms with Gasteiger partial charge in [0.15, 0.2) is 0 Å². The van der Waals surface area contributed by atoms with Crippen LogP contribution in [0.25, 0.3) is 0 Å². The van der Waals surface area contributed by atoms with Gasteiger partial charge in [0.05, 0.1) is 18.8 Å². The van der Waals surface area contributed by atoms with E-state index in [2.05, 4.69) is 5.10 Å². The molecule has 2 heterocycles. The van der Waals surface area contributed by atoms with E-state index in [0.29, 0.717) is 13.1 Å². The highest BCUT2D eigenvalue weighted by Gasteiger charge is 2.29. The maximum Gasteiger partial charge on any atom is 0.244 e. The number of rotatable bonds is 3. The molecule has 5 nitrogen and oxygen atoms in total. The van der Waals surface area contributed by atoms with Gasteiger partial charge in [0.1, 0.15) is 12.6 Å². The molecule has 0 saturated carbocycles. The van der Waals surface area contributed by atoms with E-state index < -0.39 is 0 Å². The Labute approximate surface area is 130 Å². The Morgan fingerprint density at radius 2 is 2.09 bits per heavy atom. The number of hydrogen-bond acceptors (Lipinski definition) is 3. The number of ether oxygens (including phenoxy) is 1. The van der Waals surface area contributed by atoms with Crippen LogP contribution in [0.15, 0.2) is 42.7 Å². The number of aromatic nitrogens is 2. The van der Waals surface area contributed by atoms with E-state index in [0.717, 1.165) is 11.1 Å². The molecule has 22 heavy (non-hydrogen) atoms. The number of carbonyl (C=O) groups excluding carboxylic acids is 1. The summed E-state index contributed by atoms with van der Waals surface area (Å²) in [7, 11) is 0. The van der Waals surface area contributed by atoms with Crippen molar-refractivity contribution < 1.29 is 9.53 Å². The van der Waals surface area contributed by atoms with Gasteiger partial charge in [-0.3, -0.25) is 9.48 Å². The van der Waals surface area contributed by atoms with Crippen molar-refractivity contribution in [1.29, 1.82) is 0 Å². The number of amides is 1. The summed E-state index contributed by atoms with van der Waals surface area (Å²) in [5.41, 5.74) is 2.17. The molecule has 0 aliphatic carbocycles. The Balaban J connectivity index is 1.69. The lowest BCUT2D eigenvalue weighted by atomic mass is 10.1. The average molecular weight is 299 g/mol. The number of hydrogen-bond donors (Lipinski definition) is 0. The van der Waals surface area contributed by atoms with E-state index in [1.165, 1.54) is 0 Å². The van der Waals surface area contributed by atoms with Crippen molar-refractivity contribution in [3.63, 3.8) is 0 Å². The van der Waals surface area contributed by atoms with Crippen LogP contribution in [0.3, 0.4) is 0 Å². The molecule has 0 unspecified atom stereocenters. The van der Waals surface area contributed by atoms with Gasteiger partial charge in [-0.25, -0.2) is 0 Å². The van der Waals surface area contributed by atoms with Gasteiger partial charge in [0.25, 0.3) is 0 Å². The van der Waals surface area contributed by atoms with Crippen LogP contribution in [-0.4, -0.2) is 39.8 Å². The van der Waals surface area contributed by atoms with Crippen LogP contribution in [0.2, 0.25) is 0 Å². The number of benzene rings is 1. The minimum atomic E-state index is -0.0618. The molecule has 0 spiro atoms. The van der Waals surface area contributed by atoms with E-state index in [9.17, 15) is 4.79 Å². The van der Waals surface area contributed by atoms with Crippen molar-refractivity contribution in [2.45, 2.75) is 32.6 Å². The number of morpholine rings is 1. The van der Waals surface area contributed by atoms with Crippen LogP contribution in [0.4, 0.5) is 0 Å². The molecule has 1 amide bonds. The molecule has 1 aliphatic rings. The molecule has 3 rings (SSSR count). The zero-order valence-corrected chi connectivity index (χ0v) is 13.0. The molecule has 0 radical (unpaired) electrons. The minimum absolute atomic E-state index is 0.0299. The van der Waals surface area contributed by atoms with E-state index in [1.54, 1.807) is 10.9 Å². The lowest BCUT2D eigenvalue weighted by Gasteiger charge is -2.37. The van der Waals surface area contributed by atoms with Gasteiger partial charge in [-0.05, 0) is 25.0 Å². The summed E-state index contributed by atoms with van der Waals surface area (Å²) in [4.78, 5) is 14.4. The van der Waals surface area contributed by atoms with Crippen LogP contribution in [0.1, 0.15) is 24.2 Å². The maximum absolute atomic E-state index is 12.5. The van der Waals surface area contributed by atoms with E-state index >= 15 is 0 Å². The molecule has 2 aromatic rings. The topological polar surface area (TPSA) is 47.4 Å². The fourth-order valence-corrected chi connectivity index (χ4v) is 2.80. The molecule has 2 atom stereocenters. The normalized spacial score (nSPS) is 21.8. The highest BCUT2D eigenvalue weighted by molar-refractivity contribution is 5.76. The highest BCUT2D eigenvalue weighted by Crippen LogP contribution is 2.25. The number of nitrogens with zero attached hydrogens (tertiary/aromatic N) is 3. The number of aryl methyl sites for hydroxylation is 1. The molecule has 1 aromatic carbocycles. The predicted molar refractivity (Wildman–Crippen MR) is 83.3 cm³/mol. The summed E-state index contributed by atoms with van der Waals surface area (Å²) < 4.78 is 7.68. The van der Waals surface area contributed by atoms with Crippen LogP contribution < -0.4 is 0 Å². The van der Waals surface area contributed by atoms with Crippen LogP contribution in [0, 0.1) is 6.92 Å². The first-order valence-corrected chi connectivity index (χ1v) is 7.59. The van der Waals surface area contributed by atoms with Gasteiger partial charge in [0.2, 0.25) is 5.91 Å². The van der Waals surface area contributed by atoms with Gasteiger partial charge < -0.3 is 9.64 Å². The smallest absolute Gasteiger partial charge is 0.244 e. The lowest BCUT2D eigenvalue weighted by Crippen LogP contribution is -2.47. The molecule has 1 aromatic heterocycles. The lowest BCUT2D eigenvalue weighted by molar-refractivity contribution is -0.145. The molecule has 1 fully saturated rings. The summed E-state index contributed by atoms with van der Waals surface area (Å²) in [6, 6.07) is 10.1. The van der Waals surface area contributed by atoms with Gasteiger partial charge in [-0.15, -0.1) is 0 Å². The number of carbonyl (C=O) groups is 1.